The molecule has 13 heavy (non-hydrogen) atoms. The van der Waals surface area contributed by atoms with E-state index in [1.54, 1.807) is 12.5 Å². The molecule has 2 N–H and O–H groups in total. The number of imidazole rings is 1. The first-order valence-corrected chi connectivity index (χ1v) is 4.16. The highest BCUT2D eigenvalue weighted by Gasteiger charge is 2.04. The molecule has 0 saturated heterocycles. The highest BCUT2D eigenvalue weighted by molar-refractivity contribution is 5.18. The van der Waals surface area contributed by atoms with Crippen molar-refractivity contribution in [2.45, 2.75) is 6.17 Å². The van der Waals surface area contributed by atoms with Crippen LogP contribution < -0.4 is 5.73 Å². The maximum atomic E-state index is 5.98. The molecule has 2 rings (SSSR count). The Labute approximate surface area is 76.8 Å². The molecule has 1 aromatic heterocycles. The van der Waals surface area contributed by atoms with Crippen molar-refractivity contribution in [3.63, 3.8) is 0 Å². The molecule has 0 fully saturated rings. The highest BCUT2D eigenvalue weighted by Crippen LogP contribution is 2.10. The van der Waals surface area contributed by atoms with Crippen LogP contribution in [-0.2, 0) is 0 Å². The fraction of sp³-hybridized carbons (Fsp3) is 0.100. The molecule has 3 heteroatoms. The Morgan fingerprint density at radius 3 is 2.62 bits per heavy atom. The summed E-state index contributed by atoms with van der Waals surface area (Å²) in [5.41, 5.74) is 7.07. The number of rotatable bonds is 2. The van der Waals surface area contributed by atoms with E-state index in [4.69, 9.17) is 5.73 Å². The SMILES string of the molecule is NC(c1ccccc1)n1ccnc1. The maximum absolute atomic E-state index is 5.98. The van der Waals surface area contributed by atoms with Crippen molar-refractivity contribution in [1.29, 1.82) is 0 Å². The molecule has 2 aromatic rings. The van der Waals surface area contributed by atoms with E-state index in [1.165, 1.54) is 0 Å². The van der Waals surface area contributed by atoms with Gasteiger partial charge < -0.3 is 10.3 Å². The van der Waals surface area contributed by atoms with Gasteiger partial charge in [-0.2, -0.15) is 0 Å². The molecule has 1 atom stereocenters. The summed E-state index contributed by atoms with van der Waals surface area (Å²) >= 11 is 0. The third-order valence-electron chi connectivity index (χ3n) is 1.99. The van der Waals surface area contributed by atoms with Gasteiger partial charge in [-0.05, 0) is 5.56 Å². The van der Waals surface area contributed by atoms with Crippen molar-refractivity contribution in [1.82, 2.24) is 9.55 Å². The molecular weight excluding hydrogens is 162 g/mol. The van der Waals surface area contributed by atoms with Gasteiger partial charge in [-0.3, -0.25) is 0 Å². The van der Waals surface area contributed by atoms with Gasteiger partial charge in [0.05, 0.1) is 6.33 Å². The van der Waals surface area contributed by atoms with E-state index in [1.807, 2.05) is 41.1 Å². The zero-order valence-electron chi connectivity index (χ0n) is 7.17. The summed E-state index contributed by atoms with van der Waals surface area (Å²) in [6.07, 6.45) is 5.17. The van der Waals surface area contributed by atoms with Crippen LogP contribution in [0.1, 0.15) is 11.7 Å². The molecule has 0 aliphatic rings. The van der Waals surface area contributed by atoms with Gasteiger partial charge in [-0.25, -0.2) is 4.98 Å². The second-order valence-corrected chi connectivity index (χ2v) is 2.87. The average Bonchev–Trinajstić information content (AvgIpc) is 2.71. The summed E-state index contributed by atoms with van der Waals surface area (Å²) < 4.78 is 1.87. The number of nitrogens with zero attached hydrogens (tertiary/aromatic N) is 2. The van der Waals surface area contributed by atoms with Gasteiger partial charge in [0, 0.05) is 12.4 Å². The Balaban J connectivity index is 2.29. The van der Waals surface area contributed by atoms with Crippen LogP contribution in [-0.4, -0.2) is 9.55 Å². The first-order valence-electron chi connectivity index (χ1n) is 4.16. The minimum atomic E-state index is -0.135. The first-order chi connectivity index (χ1) is 6.38. The van der Waals surface area contributed by atoms with E-state index in [0.717, 1.165) is 5.56 Å². The summed E-state index contributed by atoms with van der Waals surface area (Å²) in [6.45, 7) is 0. The smallest absolute Gasteiger partial charge is 0.108 e. The Hall–Kier alpha value is -1.61. The quantitative estimate of drug-likeness (QED) is 0.745. The summed E-state index contributed by atoms with van der Waals surface area (Å²) in [6, 6.07) is 9.94. The fourth-order valence-corrected chi connectivity index (χ4v) is 1.26. The molecule has 1 unspecified atom stereocenters. The van der Waals surface area contributed by atoms with Gasteiger partial charge in [-0.1, -0.05) is 30.3 Å². The largest absolute Gasteiger partial charge is 0.317 e. The lowest BCUT2D eigenvalue weighted by Gasteiger charge is -2.12. The molecule has 0 saturated carbocycles. The molecule has 0 aliphatic carbocycles. The molecule has 0 amide bonds. The summed E-state index contributed by atoms with van der Waals surface area (Å²) in [5.74, 6) is 0. The van der Waals surface area contributed by atoms with Gasteiger partial charge in [0.2, 0.25) is 0 Å². The lowest BCUT2D eigenvalue weighted by atomic mass is 10.2. The van der Waals surface area contributed by atoms with E-state index >= 15 is 0 Å². The summed E-state index contributed by atoms with van der Waals surface area (Å²) in [4.78, 5) is 3.95. The molecule has 1 aromatic carbocycles. The second-order valence-electron chi connectivity index (χ2n) is 2.87. The summed E-state index contributed by atoms with van der Waals surface area (Å²) in [5, 5.41) is 0. The third-order valence-corrected chi connectivity index (χ3v) is 1.99. The van der Waals surface area contributed by atoms with Crippen LogP contribution in [0.5, 0.6) is 0 Å². The zero-order chi connectivity index (χ0) is 9.10. The van der Waals surface area contributed by atoms with Gasteiger partial charge in [-0.15, -0.1) is 0 Å². The molecule has 1 heterocycles. The van der Waals surface area contributed by atoms with Gasteiger partial charge in [0.1, 0.15) is 6.17 Å². The molecule has 0 aliphatic heterocycles. The standard InChI is InChI=1S/C10H11N3/c11-10(13-7-6-12-8-13)9-4-2-1-3-5-9/h1-8,10H,11H2. The van der Waals surface area contributed by atoms with Crippen LogP contribution in [0.25, 0.3) is 0 Å². The van der Waals surface area contributed by atoms with Gasteiger partial charge in [0.25, 0.3) is 0 Å². The van der Waals surface area contributed by atoms with Gasteiger partial charge in [0.15, 0.2) is 0 Å². The maximum Gasteiger partial charge on any atom is 0.108 e. The topological polar surface area (TPSA) is 43.8 Å². The Bertz CT molecular complexity index is 353. The monoisotopic (exact) mass is 173 g/mol. The van der Waals surface area contributed by atoms with Crippen molar-refractivity contribution < 1.29 is 0 Å². The Kier molecular flexibility index (Phi) is 2.10. The lowest BCUT2D eigenvalue weighted by Crippen LogP contribution is -2.18. The summed E-state index contributed by atoms with van der Waals surface area (Å²) in [7, 11) is 0. The van der Waals surface area contributed by atoms with Crippen LogP contribution in [0.15, 0.2) is 49.1 Å². The molecule has 0 radical (unpaired) electrons. The number of hydrogen-bond donors (Lipinski definition) is 1. The average molecular weight is 173 g/mol. The van der Waals surface area contributed by atoms with E-state index in [0.29, 0.717) is 0 Å². The predicted molar refractivity (Wildman–Crippen MR) is 51.0 cm³/mol. The highest BCUT2D eigenvalue weighted by atomic mass is 15.1. The molecule has 0 spiro atoms. The molecule has 66 valence electrons. The number of aromatic nitrogens is 2. The normalized spacial score (nSPS) is 12.7. The van der Waals surface area contributed by atoms with E-state index in [-0.39, 0.29) is 6.17 Å². The van der Waals surface area contributed by atoms with E-state index < -0.39 is 0 Å². The van der Waals surface area contributed by atoms with Crippen LogP contribution >= 0.6 is 0 Å². The van der Waals surface area contributed by atoms with Crippen LogP contribution in [0.2, 0.25) is 0 Å². The number of benzene rings is 1. The molecule has 0 bridgehead atoms. The second kappa shape index (κ2) is 3.41. The van der Waals surface area contributed by atoms with Crippen LogP contribution in [0.4, 0.5) is 0 Å². The third kappa shape index (κ3) is 1.60. The van der Waals surface area contributed by atoms with Crippen LogP contribution in [0, 0.1) is 0 Å². The molecule has 3 nitrogen and oxygen atoms in total. The first kappa shape index (κ1) is 8.01. The van der Waals surface area contributed by atoms with E-state index in [2.05, 4.69) is 4.98 Å². The minimum Gasteiger partial charge on any atom is -0.317 e. The Morgan fingerprint density at radius 1 is 1.23 bits per heavy atom. The molecular formula is C10H11N3. The predicted octanol–water partition coefficient (Wildman–Crippen LogP) is 1.39. The van der Waals surface area contributed by atoms with Crippen LogP contribution in [0.3, 0.4) is 0 Å². The van der Waals surface area contributed by atoms with Crippen molar-refractivity contribution in [3.05, 3.63) is 54.6 Å². The van der Waals surface area contributed by atoms with Gasteiger partial charge >= 0.3 is 0 Å². The minimum absolute atomic E-state index is 0.135. The number of hydrogen-bond acceptors (Lipinski definition) is 2. The number of nitrogens with two attached hydrogens (primary N) is 1. The Morgan fingerprint density at radius 2 is 2.00 bits per heavy atom. The van der Waals surface area contributed by atoms with Crippen molar-refractivity contribution >= 4 is 0 Å². The van der Waals surface area contributed by atoms with Crippen molar-refractivity contribution in [2.24, 2.45) is 5.73 Å². The lowest BCUT2D eigenvalue weighted by molar-refractivity contribution is 0.609. The fourth-order valence-electron chi connectivity index (χ4n) is 1.26. The zero-order valence-corrected chi connectivity index (χ0v) is 7.17. The van der Waals surface area contributed by atoms with Crippen molar-refractivity contribution in [2.75, 3.05) is 0 Å². The van der Waals surface area contributed by atoms with Crippen molar-refractivity contribution in [3.8, 4) is 0 Å². The van der Waals surface area contributed by atoms with E-state index in [9.17, 15) is 0 Å².